The lowest BCUT2D eigenvalue weighted by Crippen LogP contribution is -2.19. The van der Waals surface area contributed by atoms with Crippen LogP contribution >= 0.6 is 0 Å². The molecule has 2 aromatic carbocycles. The van der Waals surface area contributed by atoms with Gasteiger partial charge in [0, 0.05) is 5.69 Å². The third-order valence-corrected chi connectivity index (χ3v) is 4.13. The monoisotopic (exact) mass is 389 g/mol. The number of para-hydroxylation sites is 2. The van der Waals surface area contributed by atoms with Crippen molar-refractivity contribution in [2.24, 2.45) is 0 Å². The number of rotatable bonds is 6. The van der Waals surface area contributed by atoms with Crippen LogP contribution in [0.5, 0.6) is 5.75 Å². The fourth-order valence-corrected chi connectivity index (χ4v) is 2.97. The molecule has 2 amide bonds. The van der Waals surface area contributed by atoms with Gasteiger partial charge in [0.25, 0.3) is 11.8 Å². The van der Waals surface area contributed by atoms with Gasteiger partial charge in [-0.1, -0.05) is 24.3 Å². The number of pyridine rings is 1. The molecule has 0 atom stereocenters. The van der Waals surface area contributed by atoms with Crippen molar-refractivity contribution in [1.29, 1.82) is 0 Å². The number of nitrogens with one attached hydrogen (secondary N) is 2. The summed E-state index contributed by atoms with van der Waals surface area (Å²) in [5.41, 5.74) is 3.64. The van der Waals surface area contributed by atoms with Crippen molar-refractivity contribution in [2.75, 3.05) is 17.2 Å². The van der Waals surface area contributed by atoms with E-state index < -0.39 is 5.91 Å². The van der Waals surface area contributed by atoms with Gasteiger partial charge in [0.05, 0.1) is 12.3 Å². The molecule has 0 aliphatic rings. The highest BCUT2D eigenvalue weighted by Gasteiger charge is 2.14. The van der Waals surface area contributed by atoms with E-state index in [1.165, 1.54) is 0 Å². The van der Waals surface area contributed by atoms with Gasteiger partial charge in [-0.25, -0.2) is 4.98 Å². The smallest absolute Gasteiger partial charge is 0.274 e. The average molecular weight is 389 g/mol. The summed E-state index contributed by atoms with van der Waals surface area (Å²) < 4.78 is 5.52. The Morgan fingerprint density at radius 3 is 2.14 bits per heavy atom. The molecule has 0 unspecified atom stereocenters. The first kappa shape index (κ1) is 20.1. The molecule has 1 aromatic heterocycles. The largest absolute Gasteiger partial charge is 0.492 e. The highest BCUT2D eigenvalue weighted by atomic mass is 16.5. The van der Waals surface area contributed by atoms with Crippen molar-refractivity contribution < 1.29 is 14.3 Å². The fraction of sp³-hybridized carbons (Fsp3) is 0.174. The third kappa shape index (κ3) is 5.19. The Kier molecular flexibility index (Phi) is 6.24. The van der Waals surface area contributed by atoms with E-state index in [0.29, 0.717) is 23.7 Å². The van der Waals surface area contributed by atoms with Crippen molar-refractivity contribution in [2.45, 2.75) is 20.8 Å². The van der Waals surface area contributed by atoms with Crippen LogP contribution < -0.4 is 15.4 Å². The van der Waals surface area contributed by atoms with Gasteiger partial charge in [0.1, 0.15) is 17.1 Å². The summed E-state index contributed by atoms with van der Waals surface area (Å²) in [4.78, 5) is 29.4. The fourth-order valence-electron chi connectivity index (χ4n) is 2.97. The summed E-state index contributed by atoms with van der Waals surface area (Å²) in [7, 11) is 0. The standard InChI is InChI=1S/C23H23N3O3/c1-4-29-21-11-6-5-8-18(21)26-23(28)20-10-7-9-19(25-20)22(27)24-17-13-15(2)12-16(3)14-17/h5-14H,4H2,1-3H3,(H,24,27)(H,26,28). The molecular weight excluding hydrogens is 366 g/mol. The summed E-state index contributed by atoms with van der Waals surface area (Å²) in [5.74, 6) is -0.218. The van der Waals surface area contributed by atoms with Crippen molar-refractivity contribution in [1.82, 2.24) is 4.98 Å². The van der Waals surface area contributed by atoms with Gasteiger partial charge in [0.2, 0.25) is 0 Å². The second-order valence-electron chi connectivity index (χ2n) is 6.62. The zero-order chi connectivity index (χ0) is 20.8. The van der Waals surface area contributed by atoms with Gasteiger partial charge in [-0.2, -0.15) is 0 Å². The van der Waals surface area contributed by atoms with E-state index in [1.54, 1.807) is 36.4 Å². The van der Waals surface area contributed by atoms with Crippen LogP contribution in [-0.4, -0.2) is 23.4 Å². The third-order valence-electron chi connectivity index (χ3n) is 4.13. The average Bonchev–Trinajstić information content (AvgIpc) is 2.69. The summed E-state index contributed by atoms with van der Waals surface area (Å²) >= 11 is 0. The minimum absolute atomic E-state index is 0.143. The van der Waals surface area contributed by atoms with Crippen LogP contribution in [0.15, 0.2) is 60.7 Å². The summed E-state index contributed by atoms with van der Waals surface area (Å²) in [6.07, 6.45) is 0. The molecule has 0 saturated carbocycles. The zero-order valence-corrected chi connectivity index (χ0v) is 16.7. The van der Waals surface area contributed by atoms with Crippen LogP contribution in [0.4, 0.5) is 11.4 Å². The maximum Gasteiger partial charge on any atom is 0.274 e. The first-order valence-electron chi connectivity index (χ1n) is 9.36. The lowest BCUT2D eigenvalue weighted by atomic mass is 10.1. The highest BCUT2D eigenvalue weighted by molar-refractivity contribution is 6.06. The number of carbonyl (C=O) groups excluding carboxylic acids is 2. The Labute approximate surface area is 169 Å². The molecule has 2 N–H and O–H groups in total. The molecular formula is C23H23N3O3. The van der Waals surface area contributed by atoms with Gasteiger partial charge < -0.3 is 15.4 Å². The normalized spacial score (nSPS) is 10.3. The molecule has 29 heavy (non-hydrogen) atoms. The van der Waals surface area contributed by atoms with Gasteiger partial charge in [0.15, 0.2) is 0 Å². The number of benzene rings is 2. The van der Waals surface area contributed by atoms with Gasteiger partial charge in [-0.15, -0.1) is 0 Å². The van der Waals surface area contributed by atoms with E-state index in [4.69, 9.17) is 4.74 Å². The van der Waals surface area contributed by atoms with Crippen molar-refractivity contribution >= 4 is 23.2 Å². The van der Waals surface area contributed by atoms with Gasteiger partial charge in [-0.05, 0) is 68.3 Å². The predicted molar refractivity (Wildman–Crippen MR) is 114 cm³/mol. The maximum absolute atomic E-state index is 12.6. The number of carbonyl (C=O) groups is 2. The molecule has 148 valence electrons. The van der Waals surface area contributed by atoms with Crippen molar-refractivity contribution in [3.8, 4) is 5.75 Å². The minimum atomic E-state index is -0.418. The second-order valence-corrected chi connectivity index (χ2v) is 6.62. The molecule has 0 spiro atoms. The lowest BCUT2D eigenvalue weighted by Gasteiger charge is -2.11. The first-order valence-corrected chi connectivity index (χ1v) is 9.36. The first-order chi connectivity index (χ1) is 14.0. The molecule has 3 rings (SSSR count). The quantitative estimate of drug-likeness (QED) is 0.646. The Balaban J connectivity index is 1.76. The molecule has 1 heterocycles. The zero-order valence-electron chi connectivity index (χ0n) is 16.7. The molecule has 0 fully saturated rings. The van der Waals surface area contributed by atoms with E-state index in [9.17, 15) is 9.59 Å². The number of hydrogen-bond donors (Lipinski definition) is 2. The van der Waals surface area contributed by atoms with Crippen LogP contribution in [0.3, 0.4) is 0 Å². The Morgan fingerprint density at radius 2 is 1.48 bits per heavy atom. The molecule has 0 saturated heterocycles. The summed E-state index contributed by atoms with van der Waals surface area (Å²) in [5, 5.41) is 5.61. The molecule has 0 radical (unpaired) electrons. The lowest BCUT2D eigenvalue weighted by molar-refractivity contribution is 0.101. The summed E-state index contributed by atoms with van der Waals surface area (Å²) in [6.45, 7) is 6.29. The number of anilines is 2. The number of amides is 2. The van der Waals surface area contributed by atoms with Gasteiger partial charge >= 0.3 is 0 Å². The Hall–Kier alpha value is -3.67. The van der Waals surface area contributed by atoms with Gasteiger partial charge in [-0.3, -0.25) is 9.59 Å². The maximum atomic E-state index is 12.6. The molecule has 0 bridgehead atoms. The van der Waals surface area contributed by atoms with E-state index in [1.807, 2.05) is 45.0 Å². The second kappa shape index (κ2) is 9.01. The topological polar surface area (TPSA) is 80.3 Å². The number of aromatic nitrogens is 1. The van der Waals surface area contributed by atoms with E-state index in [0.717, 1.165) is 11.1 Å². The van der Waals surface area contributed by atoms with E-state index in [-0.39, 0.29) is 17.3 Å². The number of ether oxygens (including phenoxy) is 1. The van der Waals surface area contributed by atoms with Crippen LogP contribution in [-0.2, 0) is 0 Å². The number of aryl methyl sites for hydroxylation is 2. The number of hydrogen-bond acceptors (Lipinski definition) is 4. The minimum Gasteiger partial charge on any atom is -0.492 e. The molecule has 6 nitrogen and oxygen atoms in total. The SMILES string of the molecule is CCOc1ccccc1NC(=O)c1cccc(C(=O)Nc2cc(C)cc(C)c2)n1. The van der Waals surface area contributed by atoms with Crippen LogP contribution in [0.25, 0.3) is 0 Å². The van der Waals surface area contributed by atoms with E-state index >= 15 is 0 Å². The summed E-state index contributed by atoms with van der Waals surface area (Å²) in [6, 6.07) is 17.7. The van der Waals surface area contributed by atoms with E-state index in [2.05, 4.69) is 15.6 Å². The Morgan fingerprint density at radius 1 is 0.862 bits per heavy atom. The van der Waals surface area contributed by atoms with Crippen LogP contribution in [0.1, 0.15) is 39.0 Å². The van der Waals surface area contributed by atoms with Crippen LogP contribution in [0.2, 0.25) is 0 Å². The Bertz CT molecular complexity index is 1030. The highest BCUT2D eigenvalue weighted by Crippen LogP contribution is 2.24. The number of nitrogens with zero attached hydrogens (tertiary/aromatic N) is 1. The molecule has 3 aromatic rings. The molecule has 0 aliphatic carbocycles. The van der Waals surface area contributed by atoms with Crippen molar-refractivity contribution in [3.05, 3.63) is 83.2 Å². The van der Waals surface area contributed by atoms with Crippen molar-refractivity contribution in [3.63, 3.8) is 0 Å². The molecule has 6 heteroatoms. The van der Waals surface area contributed by atoms with Crippen LogP contribution in [0, 0.1) is 13.8 Å². The molecule has 0 aliphatic heterocycles. The predicted octanol–water partition coefficient (Wildman–Crippen LogP) is 4.60.